The first kappa shape index (κ1) is 8.20. The van der Waals surface area contributed by atoms with Crippen LogP contribution in [-0.2, 0) is 6.42 Å². The van der Waals surface area contributed by atoms with E-state index >= 15 is 0 Å². The zero-order valence-corrected chi connectivity index (χ0v) is 7.66. The summed E-state index contributed by atoms with van der Waals surface area (Å²) in [6.45, 7) is 1.34. The maximum Gasteiger partial charge on any atom is 0.129 e. The van der Waals surface area contributed by atoms with Gasteiger partial charge in [0.1, 0.15) is 5.67 Å². The van der Waals surface area contributed by atoms with Crippen LogP contribution < -0.4 is 5.32 Å². The average molecular weight is 185 g/mol. The molecule has 1 fully saturated rings. The zero-order valence-electron chi connectivity index (χ0n) is 6.85. The van der Waals surface area contributed by atoms with Gasteiger partial charge in [-0.05, 0) is 24.4 Å². The van der Waals surface area contributed by atoms with Crippen molar-refractivity contribution in [1.82, 2.24) is 5.32 Å². The molecule has 1 aliphatic rings. The Morgan fingerprint density at radius 2 is 2.58 bits per heavy atom. The molecule has 0 aromatic carbocycles. The lowest BCUT2D eigenvalue weighted by molar-refractivity contribution is 0.192. The van der Waals surface area contributed by atoms with Gasteiger partial charge in [-0.3, -0.25) is 0 Å². The molecule has 1 aromatic rings. The molecule has 0 radical (unpaired) electrons. The minimum absolute atomic E-state index is 0.519. The van der Waals surface area contributed by atoms with E-state index in [4.69, 9.17) is 0 Å². The lowest BCUT2D eigenvalue weighted by atomic mass is 10.0. The molecule has 1 unspecified atom stereocenters. The number of alkyl halides is 1. The zero-order chi connectivity index (χ0) is 8.44. The van der Waals surface area contributed by atoms with Gasteiger partial charge < -0.3 is 5.32 Å². The minimum atomic E-state index is -0.981. The molecule has 3 heteroatoms. The molecule has 2 rings (SSSR count). The second-order valence-corrected chi connectivity index (χ2v) is 4.37. The summed E-state index contributed by atoms with van der Waals surface area (Å²) in [6.07, 6.45) is 1.24. The molecule has 1 aliphatic heterocycles. The van der Waals surface area contributed by atoms with Gasteiger partial charge in [0, 0.05) is 17.8 Å². The Kier molecular flexibility index (Phi) is 2.15. The first-order valence-corrected chi connectivity index (χ1v) is 5.09. The topological polar surface area (TPSA) is 12.0 Å². The predicted molar refractivity (Wildman–Crippen MR) is 49.3 cm³/mol. The van der Waals surface area contributed by atoms with E-state index in [1.807, 2.05) is 17.5 Å². The minimum Gasteiger partial charge on any atom is -0.313 e. The van der Waals surface area contributed by atoms with Crippen LogP contribution in [0.1, 0.15) is 11.3 Å². The molecule has 0 amide bonds. The van der Waals surface area contributed by atoms with E-state index in [0.717, 1.165) is 11.4 Å². The molecule has 0 bridgehead atoms. The van der Waals surface area contributed by atoms with E-state index < -0.39 is 5.67 Å². The van der Waals surface area contributed by atoms with Gasteiger partial charge >= 0.3 is 0 Å². The lowest BCUT2D eigenvalue weighted by Crippen LogP contribution is -2.28. The summed E-state index contributed by atoms with van der Waals surface area (Å²) in [6, 6.07) is 3.98. The molecule has 12 heavy (non-hydrogen) atoms. The summed E-state index contributed by atoms with van der Waals surface area (Å²) >= 11 is 1.64. The molecule has 1 nitrogen and oxygen atoms in total. The number of thiophene rings is 1. The molecule has 1 atom stereocenters. The first-order valence-electron chi connectivity index (χ1n) is 4.21. The normalized spacial score (nSPS) is 29.4. The van der Waals surface area contributed by atoms with Crippen LogP contribution in [0, 0.1) is 0 Å². The van der Waals surface area contributed by atoms with E-state index in [2.05, 4.69) is 5.32 Å². The Balaban J connectivity index is 2.02. The van der Waals surface area contributed by atoms with Crippen LogP contribution in [-0.4, -0.2) is 18.8 Å². The van der Waals surface area contributed by atoms with Crippen LogP contribution in [0.25, 0.3) is 0 Å². The van der Waals surface area contributed by atoms with Gasteiger partial charge in [-0.2, -0.15) is 0 Å². The molecule has 1 N–H and O–H groups in total. The van der Waals surface area contributed by atoms with Gasteiger partial charge in [0.25, 0.3) is 0 Å². The van der Waals surface area contributed by atoms with Crippen LogP contribution in [0.2, 0.25) is 0 Å². The maximum absolute atomic E-state index is 13.8. The van der Waals surface area contributed by atoms with Crippen molar-refractivity contribution in [3.63, 3.8) is 0 Å². The van der Waals surface area contributed by atoms with Crippen molar-refractivity contribution in [2.75, 3.05) is 13.1 Å². The van der Waals surface area contributed by atoms with E-state index in [1.54, 1.807) is 11.3 Å². The van der Waals surface area contributed by atoms with Crippen molar-refractivity contribution in [2.45, 2.75) is 18.5 Å². The Morgan fingerprint density at radius 3 is 3.17 bits per heavy atom. The van der Waals surface area contributed by atoms with E-state index in [9.17, 15) is 4.39 Å². The van der Waals surface area contributed by atoms with Crippen molar-refractivity contribution >= 4 is 11.3 Å². The smallest absolute Gasteiger partial charge is 0.129 e. The van der Waals surface area contributed by atoms with Gasteiger partial charge in [-0.25, -0.2) is 4.39 Å². The fourth-order valence-electron chi connectivity index (χ4n) is 1.59. The Labute approximate surface area is 75.6 Å². The van der Waals surface area contributed by atoms with E-state index in [1.165, 1.54) is 0 Å². The third-order valence-corrected chi connectivity index (χ3v) is 3.14. The predicted octanol–water partition coefficient (Wildman–Crippen LogP) is 1.99. The van der Waals surface area contributed by atoms with Gasteiger partial charge in [0.2, 0.25) is 0 Å². The van der Waals surface area contributed by atoms with Crippen molar-refractivity contribution in [2.24, 2.45) is 0 Å². The molecule has 66 valence electrons. The molecule has 0 saturated carbocycles. The second-order valence-electron chi connectivity index (χ2n) is 3.33. The standard InChI is InChI=1S/C9H12FNS/c10-9(3-4-11-7-9)6-8-2-1-5-12-8/h1-2,5,11H,3-4,6-7H2. The molecule has 2 heterocycles. The molecule has 1 aromatic heterocycles. The molecular formula is C9H12FNS. The largest absolute Gasteiger partial charge is 0.313 e. The van der Waals surface area contributed by atoms with Crippen molar-refractivity contribution in [1.29, 1.82) is 0 Å². The lowest BCUT2D eigenvalue weighted by Gasteiger charge is -2.16. The monoisotopic (exact) mass is 185 g/mol. The number of rotatable bonds is 2. The highest BCUT2D eigenvalue weighted by atomic mass is 32.1. The summed E-state index contributed by atoms with van der Waals surface area (Å²) in [4.78, 5) is 1.15. The third-order valence-electron chi connectivity index (χ3n) is 2.26. The van der Waals surface area contributed by atoms with Crippen LogP contribution in [0.3, 0.4) is 0 Å². The molecule has 0 aliphatic carbocycles. The summed E-state index contributed by atoms with van der Waals surface area (Å²) in [5.41, 5.74) is -0.981. The Morgan fingerprint density at radius 1 is 1.67 bits per heavy atom. The second kappa shape index (κ2) is 3.15. The van der Waals surface area contributed by atoms with Crippen LogP contribution in [0.4, 0.5) is 4.39 Å². The highest BCUT2D eigenvalue weighted by Gasteiger charge is 2.33. The average Bonchev–Trinajstić information content (AvgIpc) is 2.62. The number of hydrogen-bond donors (Lipinski definition) is 1. The number of nitrogens with one attached hydrogen (secondary N) is 1. The fraction of sp³-hybridized carbons (Fsp3) is 0.556. The quantitative estimate of drug-likeness (QED) is 0.743. The highest BCUT2D eigenvalue weighted by molar-refractivity contribution is 7.09. The van der Waals surface area contributed by atoms with Gasteiger partial charge in [0.05, 0.1) is 0 Å². The Bertz CT molecular complexity index is 239. The Hall–Kier alpha value is -0.410. The molecule has 1 saturated heterocycles. The van der Waals surface area contributed by atoms with Crippen LogP contribution >= 0.6 is 11.3 Å². The SMILES string of the molecule is FC1(Cc2cccs2)CCNC1. The maximum atomic E-state index is 13.8. The van der Waals surface area contributed by atoms with Gasteiger partial charge in [0.15, 0.2) is 0 Å². The summed E-state index contributed by atoms with van der Waals surface area (Å²) in [5.74, 6) is 0. The summed E-state index contributed by atoms with van der Waals surface area (Å²) < 4.78 is 13.8. The van der Waals surface area contributed by atoms with E-state index in [0.29, 0.717) is 19.4 Å². The molecular weight excluding hydrogens is 173 g/mol. The highest BCUT2D eigenvalue weighted by Crippen LogP contribution is 2.26. The van der Waals surface area contributed by atoms with Crippen molar-refractivity contribution in [3.8, 4) is 0 Å². The number of hydrogen-bond acceptors (Lipinski definition) is 2. The number of halogens is 1. The van der Waals surface area contributed by atoms with Crippen LogP contribution in [0.15, 0.2) is 17.5 Å². The summed E-state index contributed by atoms with van der Waals surface area (Å²) in [5, 5.41) is 5.06. The van der Waals surface area contributed by atoms with Gasteiger partial charge in [-0.1, -0.05) is 6.07 Å². The van der Waals surface area contributed by atoms with Crippen molar-refractivity contribution < 1.29 is 4.39 Å². The fourth-order valence-corrected chi connectivity index (χ4v) is 2.42. The summed E-state index contributed by atoms with van der Waals surface area (Å²) in [7, 11) is 0. The van der Waals surface area contributed by atoms with Crippen LogP contribution in [0.5, 0.6) is 0 Å². The first-order chi connectivity index (χ1) is 5.79. The molecule has 0 spiro atoms. The third kappa shape index (κ3) is 1.67. The van der Waals surface area contributed by atoms with Gasteiger partial charge in [-0.15, -0.1) is 11.3 Å². The van der Waals surface area contributed by atoms with Crippen molar-refractivity contribution in [3.05, 3.63) is 22.4 Å². The van der Waals surface area contributed by atoms with E-state index in [-0.39, 0.29) is 0 Å².